The van der Waals surface area contributed by atoms with Crippen LogP contribution in [0.25, 0.3) is 0 Å². The van der Waals surface area contributed by atoms with Crippen LogP contribution in [0, 0.1) is 0 Å². The second-order valence-electron chi connectivity index (χ2n) is 3.46. The third kappa shape index (κ3) is 7.20. The fourth-order valence-electron chi connectivity index (χ4n) is 0.950. The first-order chi connectivity index (χ1) is 9.30. The zero-order valence-electron chi connectivity index (χ0n) is 9.91. The van der Waals surface area contributed by atoms with Gasteiger partial charge < -0.3 is 35.1 Å². The van der Waals surface area contributed by atoms with E-state index in [9.17, 15) is 18.7 Å². The van der Waals surface area contributed by atoms with E-state index in [1.165, 1.54) is 0 Å². The minimum absolute atomic E-state index is 1.14. The van der Waals surface area contributed by atoms with Crippen molar-refractivity contribution in [3.8, 4) is 0 Å². The van der Waals surface area contributed by atoms with Gasteiger partial charge in [-0.25, -0.2) is 13.9 Å². The van der Waals surface area contributed by atoms with Crippen molar-refractivity contribution < 1.29 is 62.7 Å². The smallest absolute Gasteiger partial charge is 0.479 e. The molecular weight excluding hydrogens is 342 g/mol. The van der Waals surface area contributed by atoms with E-state index >= 15 is 0 Å². The Morgan fingerprint density at radius 3 is 1.90 bits per heavy atom. The highest BCUT2D eigenvalue weighted by Gasteiger charge is 2.43. The average molecular weight is 354 g/mol. The van der Waals surface area contributed by atoms with Crippen LogP contribution in [0.5, 0.6) is 0 Å². The highest BCUT2D eigenvalue weighted by Crippen LogP contribution is 2.58. The van der Waals surface area contributed by atoms with Gasteiger partial charge in [0.1, 0.15) is 12.2 Å². The van der Waals surface area contributed by atoms with Crippen molar-refractivity contribution in [2.24, 2.45) is 0 Å². The van der Waals surface area contributed by atoms with Gasteiger partial charge in [0.25, 0.3) is 0 Å². The Balaban J connectivity index is 5.18. The van der Waals surface area contributed by atoms with E-state index in [-0.39, 0.29) is 0 Å². The molecule has 0 rings (SSSR count). The van der Waals surface area contributed by atoms with Crippen LogP contribution in [0.3, 0.4) is 0 Å². The molecular formula is C6H12O13P2. The van der Waals surface area contributed by atoms with Gasteiger partial charge in [-0.3, -0.25) is 9.32 Å². The van der Waals surface area contributed by atoms with Crippen LogP contribution in [0.2, 0.25) is 0 Å². The summed E-state index contributed by atoms with van der Waals surface area (Å²) in [6, 6.07) is 0. The molecule has 0 bridgehead atoms. The molecule has 1 unspecified atom stereocenters. The molecule has 0 aliphatic heterocycles. The van der Waals surface area contributed by atoms with E-state index in [1.54, 1.807) is 0 Å². The summed E-state index contributed by atoms with van der Waals surface area (Å²) in [5, 5.41) is 35.2. The molecule has 0 fully saturated rings. The number of carbonyl (C=O) groups excluding carboxylic acids is 1. The van der Waals surface area contributed by atoms with E-state index in [2.05, 4.69) is 8.83 Å². The first kappa shape index (κ1) is 20.3. The molecule has 0 aromatic carbocycles. The van der Waals surface area contributed by atoms with Crippen molar-refractivity contribution in [2.45, 2.75) is 18.3 Å². The largest absolute Gasteiger partial charge is 0.482 e. The number of hydrogen-bond acceptors (Lipinski definition) is 9. The highest BCUT2D eigenvalue weighted by atomic mass is 31.3. The van der Waals surface area contributed by atoms with Crippen molar-refractivity contribution in [3.63, 3.8) is 0 Å². The van der Waals surface area contributed by atoms with Crippen LogP contribution in [-0.2, 0) is 27.6 Å². The fraction of sp³-hybridized carbons (Fsp3) is 0.667. The third-order valence-corrected chi connectivity index (χ3v) is 3.93. The monoisotopic (exact) mass is 354 g/mol. The number of aliphatic carboxylic acids is 1. The van der Waals surface area contributed by atoms with Crippen molar-refractivity contribution in [3.05, 3.63) is 0 Å². The van der Waals surface area contributed by atoms with Crippen molar-refractivity contribution >= 4 is 27.4 Å². The summed E-state index contributed by atoms with van der Waals surface area (Å²) in [6.45, 7) is -1.14. The second-order valence-corrected chi connectivity index (χ2v) is 6.24. The maximum Gasteiger partial charge on any atom is 0.482 e. The molecule has 0 spiro atoms. The SMILES string of the molecule is O=C(O)[C@@H](OP(=O)(O)OP(=O)(O)O)C(=O)[C@H](O)[C@@H](O)CO. The molecule has 0 aliphatic carbocycles. The molecule has 0 radical (unpaired) electrons. The molecule has 4 atom stereocenters. The number of aliphatic hydroxyl groups is 3. The number of Topliss-reactive ketones (excluding diaryl/α,β-unsaturated/α-hetero) is 1. The van der Waals surface area contributed by atoms with E-state index in [0.29, 0.717) is 0 Å². The van der Waals surface area contributed by atoms with Gasteiger partial charge in [-0.2, -0.15) is 4.31 Å². The number of rotatable bonds is 9. The van der Waals surface area contributed by atoms with Gasteiger partial charge in [-0.1, -0.05) is 0 Å². The molecule has 0 heterocycles. The second kappa shape index (κ2) is 7.51. The molecule has 0 amide bonds. The maximum atomic E-state index is 11.4. The number of hydrogen-bond donors (Lipinski definition) is 7. The lowest BCUT2D eigenvalue weighted by Gasteiger charge is -2.20. The Labute approximate surface area is 116 Å². The van der Waals surface area contributed by atoms with E-state index in [1.807, 2.05) is 0 Å². The van der Waals surface area contributed by atoms with E-state index in [4.69, 9.17) is 35.1 Å². The van der Waals surface area contributed by atoms with Gasteiger partial charge in [0.2, 0.25) is 11.9 Å². The summed E-state index contributed by atoms with van der Waals surface area (Å²) >= 11 is 0. The minimum atomic E-state index is -5.68. The van der Waals surface area contributed by atoms with Gasteiger partial charge in [-0.05, 0) is 0 Å². The summed E-state index contributed by atoms with van der Waals surface area (Å²) in [7, 11) is -11.2. The van der Waals surface area contributed by atoms with Gasteiger partial charge in [0, 0.05) is 0 Å². The van der Waals surface area contributed by atoms with Crippen molar-refractivity contribution in [2.75, 3.05) is 6.61 Å². The zero-order valence-corrected chi connectivity index (χ0v) is 11.7. The molecule has 0 aliphatic rings. The first-order valence-corrected chi connectivity index (χ1v) is 7.85. The Kier molecular flexibility index (Phi) is 7.26. The number of ketones is 1. The zero-order chi connectivity index (χ0) is 17.0. The van der Waals surface area contributed by atoms with Crippen molar-refractivity contribution in [1.82, 2.24) is 0 Å². The maximum absolute atomic E-state index is 11.4. The Morgan fingerprint density at radius 2 is 1.57 bits per heavy atom. The molecule has 21 heavy (non-hydrogen) atoms. The lowest BCUT2D eigenvalue weighted by atomic mass is 10.1. The standard InChI is InChI=1S/C6H12O13P2/c7-1-2(8)3(9)4(10)5(6(11)12)18-21(16,17)19-20(13,14)15/h2-3,5,7-9H,1H2,(H,11,12)(H,16,17)(H2,13,14,15)/t2-,3+,5-/m0/s1. The highest BCUT2D eigenvalue weighted by molar-refractivity contribution is 7.60. The van der Waals surface area contributed by atoms with Gasteiger partial charge in [0.05, 0.1) is 6.61 Å². The third-order valence-electron chi connectivity index (χ3n) is 1.77. The molecule has 124 valence electrons. The molecule has 0 aromatic heterocycles. The van der Waals surface area contributed by atoms with Gasteiger partial charge >= 0.3 is 21.6 Å². The summed E-state index contributed by atoms with van der Waals surface area (Å²) in [5.74, 6) is -4.07. The summed E-state index contributed by atoms with van der Waals surface area (Å²) in [6.07, 6.45) is -7.49. The van der Waals surface area contributed by atoms with Crippen LogP contribution in [-0.4, -0.2) is 71.8 Å². The predicted molar refractivity (Wildman–Crippen MR) is 59.6 cm³/mol. The number of aliphatic hydroxyl groups excluding tert-OH is 3. The Bertz CT molecular complexity index is 481. The molecule has 13 nitrogen and oxygen atoms in total. The van der Waals surface area contributed by atoms with Crippen molar-refractivity contribution in [1.29, 1.82) is 0 Å². The summed E-state index contributed by atoms with van der Waals surface area (Å²) in [4.78, 5) is 47.6. The minimum Gasteiger partial charge on any atom is -0.479 e. The topological polar surface area (TPSA) is 228 Å². The average Bonchev–Trinajstić information content (AvgIpc) is 2.29. The van der Waals surface area contributed by atoms with E-state index < -0.39 is 52.3 Å². The summed E-state index contributed by atoms with van der Waals surface area (Å²) < 4.78 is 28.5. The first-order valence-electron chi connectivity index (χ1n) is 4.82. The van der Waals surface area contributed by atoms with Crippen LogP contribution in [0.1, 0.15) is 0 Å². The molecule has 0 saturated carbocycles. The lowest BCUT2D eigenvalue weighted by Crippen LogP contribution is -2.46. The van der Waals surface area contributed by atoms with Crippen LogP contribution >= 0.6 is 15.6 Å². The van der Waals surface area contributed by atoms with E-state index in [0.717, 1.165) is 0 Å². The van der Waals surface area contributed by atoms with Crippen LogP contribution < -0.4 is 0 Å². The summed E-state index contributed by atoms with van der Waals surface area (Å²) in [5.41, 5.74) is 0. The quantitative estimate of drug-likeness (QED) is 0.161. The lowest BCUT2D eigenvalue weighted by molar-refractivity contribution is -0.157. The number of phosphoric ester groups is 1. The van der Waals surface area contributed by atoms with Crippen LogP contribution in [0.15, 0.2) is 0 Å². The normalized spacial score (nSPS) is 19.3. The number of carbonyl (C=O) groups is 2. The number of phosphoric acid groups is 2. The van der Waals surface area contributed by atoms with Gasteiger partial charge in [0.15, 0.2) is 0 Å². The number of carboxylic acid groups (broad SMARTS) is 1. The Morgan fingerprint density at radius 1 is 1.10 bits per heavy atom. The molecule has 0 saturated heterocycles. The Hall–Kier alpha value is -0.720. The number of carboxylic acids is 1. The predicted octanol–water partition coefficient (Wildman–Crippen LogP) is -3.05. The molecule has 0 aromatic rings. The molecule has 15 heteroatoms. The van der Waals surface area contributed by atoms with Gasteiger partial charge in [-0.15, -0.1) is 0 Å². The van der Waals surface area contributed by atoms with Crippen LogP contribution in [0.4, 0.5) is 0 Å². The fourth-order valence-corrected chi connectivity index (χ4v) is 2.64. The molecule has 7 N–H and O–H groups in total.